The molecule has 6 nitrogen and oxygen atoms in total. The summed E-state index contributed by atoms with van der Waals surface area (Å²) in [6, 6.07) is 10.3. The van der Waals surface area contributed by atoms with Crippen LogP contribution in [0.2, 0.25) is 0 Å². The summed E-state index contributed by atoms with van der Waals surface area (Å²) in [4.78, 5) is 14.9. The minimum Gasteiger partial charge on any atom is -0.371 e. The second-order valence-corrected chi connectivity index (χ2v) is 6.78. The summed E-state index contributed by atoms with van der Waals surface area (Å²) in [5.74, 6) is 0. The van der Waals surface area contributed by atoms with Gasteiger partial charge in [0.15, 0.2) is 0 Å². The third kappa shape index (κ3) is 3.39. The third-order valence-corrected chi connectivity index (χ3v) is 5.20. The number of piperidine rings is 1. The number of nitrogens with zero attached hydrogens (tertiary/aromatic N) is 2. The first-order valence-electron chi connectivity index (χ1n) is 9.05. The van der Waals surface area contributed by atoms with E-state index >= 15 is 0 Å². The fourth-order valence-electron chi connectivity index (χ4n) is 3.91. The van der Waals surface area contributed by atoms with E-state index in [2.05, 4.69) is 27.6 Å². The van der Waals surface area contributed by atoms with Crippen molar-refractivity contribution in [3.63, 3.8) is 0 Å². The monoisotopic (exact) mass is 340 g/mol. The van der Waals surface area contributed by atoms with Gasteiger partial charge in [0.05, 0.1) is 18.3 Å². The smallest absolute Gasteiger partial charge is 0.318 e. The number of likely N-dealkylation sites (tertiary alicyclic amines) is 1. The summed E-state index contributed by atoms with van der Waals surface area (Å²) in [5.41, 5.74) is 2.20. The summed E-state index contributed by atoms with van der Waals surface area (Å²) in [6.45, 7) is 1.46. The van der Waals surface area contributed by atoms with E-state index in [1.807, 2.05) is 35.5 Å². The zero-order chi connectivity index (χ0) is 17.1. The number of aromatic amines is 1. The quantitative estimate of drug-likeness (QED) is 0.901. The van der Waals surface area contributed by atoms with E-state index < -0.39 is 0 Å². The molecule has 0 radical (unpaired) electrons. The Hall–Kier alpha value is -2.34. The lowest BCUT2D eigenvalue weighted by Crippen LogP contribution is -2.48. The molecule has 3 atom stereocenters. The number of benzene rings is 1. The van der Waals surface area contributed by atoms with E-state index in [9.17, 15) is 4.79 Å². The maximum Gasteiger partial charge on any atom is 0.318 e. The van der Waals surface area contributed by atoms with Gasteiger partial charge < -0.3 is 15.0 Å². The van der Waals surface area contributed by atoms with Crippen molar-refractivity contribution in [2.45, 2.75) is 43.9 Å². The van der Waals surface area contributed by atoms with Gasteiger partial charge in [0.2, 0.25) is 0 Å². The number of urea groups is 1. The fraction of sp³-hybridized carbons (Fsp3) is 0.474. The van der Waals surface area contributed by atoms with Crippen molar-refractivity contribution >= 4 is 6.03 Å². The topological polar surface area (TPSA) is 70.2 Å². The lowest BCUT2D eigenvalue weighted by atomic mass is 9.97. The molecular formula is C19H24N4O2. The number of hydrogen-bond donors (Lipinski definition) is 2. The van der Waals surface area contributed by atoms with E-state index in [4.69, 9.17) is 4.74 Å². The predicted molar refractivity (Wildman–Crippen MR) is 94.0 cm³/mol. The van der Waals surface area contributed by atoms with E-state index in [0.717, 1.165) is 43.4 Å². The number of rotatable bonds is 3. The first-order valence-corrected chi connectivity index (χ1v) is 9.05. The highest BCUT2D eigenvalue weighted by Gasteiger charge is 2.34. The second kappa shape index (κ2) is 7.27. The predicted octanol–water partition coefficient (Wildman–Crippen LogP) is 3.18. The number of amides is 2. The van der Waals surface area contributed by atoms with E-state index in [1.165, 1.54) is 0 Å². The normalized spacial score (nSPS) is 26.6. The van der Waals surface area contributed by atoms with E-state index in [0.29, 0.717) is 6.61 Å². The molecule has 2 aliphatic heterocycles. The number of H-pyrrole nitrogens is 1. The van der Waals surface area contributed by atoms with Crippen LogP contribution in [-0.2, 0) is 4.74 Å². The van der Waals surface area contributed by atoms with Gasteiger partial charge >= 0.3 is 6.03 Å². The molecule has 0 bridgehead atoms. The maximum absolute atomic E-state index is 13.0. The van der Waals surface area contributed by atoms with Gasteiger partial charge in [-0.25, -0.2) is 4.79 Å². The number of nitrogens with one attached hydrogen (secondary N) is 2. The molecule has 2 aromatic rings. The molecule has 1 aromatic heterocycles. The van der Waals surface area contributed by atoms with E-state index in [-0.39, 0.29) is 24.2 Å². The molecule has 0 unspecified atom stereocenters. The first kappa shape index (κ1) is 16.1. The molecule has 0 aliphatic carbocycles. The van der Waals surface area contributed by atoms with Crippen LogP contribution in [0, 0.1) is 0 Å². The number of carbonyl (C=O) groups excluding carboxylic acids is 1. The Morgan fingerprint density at radius 3 is 2.88 bits per heavy atom. The van der Waals surface area contributed by atoms with Crippen molar-refractivity contribution in [2.24, 2.45) is 0 Å². The lowest BCUT2D eigenvalue weighted by Gasteiger charge is -2.36. The minimum atomic E-state index is -0.0673. The lowest BCUT2D eigenvalue weighted by molar-refractivity contribution is 0.0951. The number of carbonyl (C=O) groups is 1. The largest absolute Gasteiger partial charge is 0.371 e. The van der Waals surface area contributed by atoms with Gasteiger partial charge in [0.25, 0.3) is 0 Å². The van der Waals surface area contributed by atoms with Gasteiger partial charge in [0, 0.05) is 24.9 Å². The molecule has 0 spiro atoms. The van der Waals surface area contributed by atoms with Crippen molar-refractivity contribution in [3.05, 3.63) is 53.9 Å². The molecule has 6 heteroatoms. The van der Waals surface area contributed by atoms with Crippen molar-refractivity contribution < 1.29 is 9.53 Å². The van der Waals surface area contributed by atoms with Crippen molar-refractivity contribution in [2.75, 3.05) is 13.2 Å². The van der Waals surface area contributed by atoms with Gasteiger partial charge in [-0.05, 0) is 31.2 Å². The van der Waals surface area contributed by atoms with Crippen LogP contribution in [0.1, 0.15) is 49.0 Å². The number of ether oxygens (including phenoxy) is 1. The molecule has 0 saturated carbocycles. The SMILES string of the molecule is O=C(N[C@@H]1CCO[C@H]1c1ccccc1)N1CCCC[C@@H]1c1cn[nH]c1. The van der Waals surface area contributed by atoms with Crippen LogP contribution < -0.4 is 5.32 Å². The van der Waals surface area contributed by atoms with Crippen LogP contribution in [0.25, 0.3) is 0 Å². The Morgan fingerprint density at radius 1 is 1.20 bits per heavy atom. The molecule has 3 heterocycles. The van der Waals surface area contributed by atoms with Crippen molar-refractivity contribution in [3.8, 4) is 0 Å². The number of hydrogen-bond acceptors (Lipinski definition) is 3. The van der Waals surface area contributed by atoms with Crippen LogP contribution in [0.3, 0.4) is 0 Å². The molecule has 4 rings (SSSR count). The maximum atomic E-state index is 13.0. The Balaban J connectivity index is 1.47. The molecular weight excluding hydrogens is 316 g/mol. The van der Waals surface area contributed by atoms with Gasteiger partial charge in [-0.15, -0.1) is 0 Å². The fourth-order valence-corrected chi connectivity index (χ4v) is 3.91. The Labute approximate surface area is 147 Å². The standard InChI is InChI=1S/C19H24N4O2/c24-19(23-10-5-4-8-17(23)15-12-20-21-13-15)22-16-9-11-25-18(16)14-6-2-1-3-7-14/h1-3,6-7,12-13,16-18H,4-5,8-11H2,(H,20,21)(H,22,24)/t16-,17-,18+/m1/s1. The molecule has 2 fully saturated rings. The molecule has 2 N–H and O–H groups in total. The van der Waals surface area contributed by atoms with Crippen LogP contribution in [0.15, 0.2) is 42.7 Å². The van der Waals surface area contributed by atoms with Gasteiger partial charge in [0.1, 0.15) is 6.10 Å². The summed E-state index contributed by atoms with van der Waals surface area (Å²) >= 11 is 0. The van der Waals surface area contributed by atoms with Gasteiger partial charge in [-0.3, -0.25) is 5.10 Å². The summed E-state index contributed by atoms with van der Waals surface area (Å²) in [7, 11) is 0. The highest BCUT2D eigenvalue weighted by atomic mass is 16.5. The summed E-state index contributed by atoms with van der Waals surface area (Å²) in [5, 5.41) is 10.1. The Bertz CT molecular complexity index is 689. The Kier molecular flexibility index (Phi) is 4.70. The summed E-state index contributed by atoms with van der Waals surface area (Å²) < 4.78 is 5.89. The third-order valence-electron chi connectivity index (χ3n) is 5.20. The first-order chi connectivity index (χ1) is 12.3. The van der Waals surface area contributed by atoms with Gasteiger partial charge in [-0.2, -0.15) is 5.10 Å². The highest BCUT2D eigenvalue weighted by Crippen LogP contribution is 2.32. The molecule has 1 aromatic carbocycles. The zero-order valence-corrected chi connectivity index (χ0v) is 14.2. The average molecular weight is 340 g/mol. The zero-order valence-electron chi connectivity index (χ0n) is 14.2. The molecule has 2 aliphatic rings. The van der Waals surface area contributed by atoms with Gasteiger partial charge in [-0.1, -0.05) is 30.3 Å². The average Bonchev–Trinajstić information content (AvgIpc) is 3.34. The molecule has 132 valence electrons. The van der Waals surface area contributed by atoms with Crippen LogP contribution in [0.5, 0.6) is 0 Å². The minimum absolute atomic E-state index is 0.00216. The van der Waals surface area contributed by atoms with Crippen molar-refractivity contribution in [1.82, 2.24) is 20.4 Å². The highest BCUT2D eigenvalue weighted by molar-refractivity contribution is 5.75. The molecule has 25 heavy (non-hydrogen) atoms. The van der Waals surface area contributed by atoms with Crippen LogP contribution in [-0.4, -0.2) is 40.3 Å². The van der Waals surface area contributed by atoms with E-state index in [1.54, 1.807) is 0 Å². The van der Waals surface area contributed by atoms with Crippen LogP contribution >= 0.6 is 0 Å². The second-order valence-electron chi connectivity index (χ2n) is 6.78. The van der Waals surface area contributed by atoms with Crippen molar-refractivity contribution in [1.29, 1.82) is 0 Å². The number of aromatic nitrogens is 2. The Morgan fingerprint density at radius 2 is 2.08 bits per heavy atom. The summed E-state index contributed by atoms with van der Waals surface area (Å²) in [6.07, 6.45) is 7.65. The molecule has 2 saturated heterocycles. The van der Waals surface area contributed by atoms with Crippen LogP contribution in [0.4, 0.5) is 4.79 Å². The molecule has 2 amide bonds.